The van der Waals surface area contributed by atoms with Gasteiger partial charge in [0.15, 0.2) is 0 Å². The van der Waals surface area contributed by atoms with Crippen molar-refractivity contribution in [2.24, 2.45) is 0 Å². The Morgan fingerprint density at radius 2 is 1.86 bits per heavy atom. The fraction of sp³-hybridized carbons (Fsp3) is 0.350. The zero-order valence-electron chi connectivity index (χ0n) is 16.3. The summed E-state index contributed by atoms with van der Waals surface area (Å²) in [6.07, 6.45) is 1.31. The van der Waals surface area contributed by atoms with Crippen molar-refractivity contribution in [3.8, 4) is 0 Å². The summed E-state index contributed by atoms with van der Waals surface area (Å²) >= 11 is 7.75. The van der Waals surface area contributed by atoms with Gasteiger partial charge < -0.3 is 5.32 Å². The molecule has 2 rings (SSSR count). The van der Waals surface area contributed by atoms with Crippen molar-refractivity contribution < 1.29 is 17.6 Å². The van der Waals surface area contributed by atoms with E-state index in [4.69, 9.17) is 11.6 Å². The van der Waals surface area contributed by atoms with Crippen LogP contribution in [0.25, 0.3) is 0 Å². The number of thioether (sulfide) groups is 1. The summed E-state index contributed by atoms with van der Waals surface area (Å²) in [6.45, 7) is 2.13. The molecule has 0 unspecified atom stereocenters. The number of hydrogen-bond donors (Lipinski definition) is 1. The summed E-state index contributed by atoms with van der Waals surface area (Å²) in [5, 5.41) is 3.50. The van der Waals surface area contributed by atoms with Crippen LogP contribution in [0.2, 0.25) is 5.02 Å². The lowest BCUT2D eigenvalue weighted by Crippen LogP contribution is -2.49. The summed E-state index contributed by atoms with van der Waals surface area (Å²) in [7, 11) is -3.73. The number of halogens is 2. The Kier molecular flexibility index (Phi) is 8.79. The maximum atomic E-state index is 13.2. The summed E-state index contributed by atoms with van der Waals surface area (Å²) in [6, 6.07) is 11.7. The molecule has 0 spiro atoms. The van der Waals surface area contributed by atoms with Crippen LogP contribution >= 0.6 is 23.4 Å². The molecule has 1 atom stereocenters. The van der Waals surface area contributed by atoms with Crippen molar-refractivity contribution in [3.63, 3.8) is 0 Å². The molecular weight excluding hydrogens is 435 g/mol. The van der Waals surface area contributed by atoms with Crippen LogP contribution in [-0.4, -0.2) is 38.9 Å². The minimum atomic E-state index is -3.73. The van der Waals surface area contributed by atoms with Crippen LogP contribution in [0, 0.1) is 5.82 Å². The molecule has 5 nitrogen and oxygen atoms in total. The first-order valence-electron chi connectivity index (χ1n) is 9.08. The topological polar surface area (TPSA) is 66.5 Å². The van der Waals surface area contributed by atoms with Crippen LogP contribution in [0.5, 0.6) is 0 Å². The first kappa shape index (κ1) is 23.5. The first-order chi connectivity index (χ1) is 13.7. The SMILES string of the molecule is CC[C@@H](C(=O)NCCSCc1ccccc1Cl)N(c1ccc(F)cc1)S(C)(=O)=O. The zero-order chi connectivity index (χ0) is 21.4. The summed E-state index contributed by atoms with van der Waals surface area (Å²) in [4.78, 5) is 12.7. The molecule has 0 saturated carbocycles. The van der Waals surface area contributed by atoms with Crippen LogP contribution in [-0.2, 0) is 20.6 Å². The van der Waals surface area contributed by atoms with E-state index in [0.29, 0.717) is 17.3 Å². The van der Waals surface area contributed by atoms with Gasteiger partial charge in [0, 0.05) is 23.1 Å². The number of amides is 1. The van der Waals surface area contributed by atoms with E-state index in [9.17, 15) is 17.6 Å². The van der Waals surface area contributed by atoms with E-state index in [1.807, 2.05) is 24.3 Å². The Labute approximate surface area is 180 Å². The zero-order valence-corrected chi connectivity index (χ0v) is 18.7. The highest BCUT2D eigenvalue weighted by molar-refractivity contribution is 7.98. The smallest absolute Gasteiger partial charge is 0.243 e. The number of anilines is 1. The van der Waals surface area contributed by atoms with Crippen LogP contribution in [0.3, 0.4) is 0 Å². The number of benzene rings is 2. The minimum absolute atomic E-state index is 0.254. The second kappa shape index (κ2) is 10.8. The maximum Gasteiger partial charge on any atom is 0.243 e. The molecule has 0 saturated heterocycles. The Morgan fingerprint density at radius 3 is 2.45 bits per heavy atom. The Morgan fingerprint density at radius 1 is 1.21 bits per heavy atom. The van der Waals surface area contributed by atoms with E-state index in [2.05, 4.69) is 5.32 Å². The molecule has 2 aromatic carbocycles. The maximum absolute atomic E-state index is 13.2. The van der Waals surface area contributed by atoms with Gasteiger partial charge in [-0.25, -0.2) is 12.8 Å². The van der Waals surface area contributed by atoms with Gasteiger partial charge >= 0.3 is 0 Å². The molecule has 0 aliphatic carbocycles. The van der Waals surface area contributed by atoms with Crippen molar-refractivity contribution in [2.45, 2.75) is 25.1 Å². The highest BCUT2D eigenvalue weighted by atomic mass is 35.5. The van der Waals surface area contributed by atoms with Gasteiger partial charge in [-0.2, -0.15) is 11.8 Å². The van der Waals surface area contributed by atoms with E-state index in [1.54, 1.807) is 18.7 Å². The Hall–Kier alpha value is -1.77. The average molecular weight is 459 g/mol. The number of nitrogens with one attached hydrogen (secondary N) is 1. The molecule has 158 valence electrons. The number of carbonyl (C=O) groups is 1. The molecule has 0 bridgehead atoms. The molecule has 0 fully saturated rings. The normalized spacial score (nSPS) is 12.4. The molecule has 2 aromatic rings. The molecule has 0 aliphatic rings. The first-order valence-corrected chi connectivity index (χ1v) is 12.5. The molecule has 0 radical (unpaired) electrons. The molecule has 0 aliphatic heterocycles. The Bertz CT molecular complexity index is 924. The van der Waals surface area contributed by atoms with Gasteiger partial charge in [0.05, 0.1) is 11.9 Å². The van der Waals surface area contributed by atoms with Crippen LogP contribution in [0.1, 0.15) is 18.9 Å². The van der Waals surface area contributed by atoms with Crippen molar-refractivity contribution in [1.82, 2.24) is 5.32 Å². The fourth-order valence-corrected chi connectivity index (χ4v) is 5.17. The third-order valence-electron chi connectivity index (χ3n) is 4.17. The number of carbonyl (C=O) groups excluding carboxylic acids is 1. The molecular formula is C20H24ClFN2O3S2. The lowest BCUT2D eigenvalue weighted by Gasteiger charge is -2.30. The van der Waals surface area contributed by atoms with Crippen molar-refractivity contribution in [2.75, 3.05) is 22.9 Å². The standard InChI is InChI=1S/C20H24ClFN2O3S2/c1-3-19(24(29(2,26)27)17-10-8-16(22)9-11-17)20(25)23-12-13-28-14-15-6-4-5-7-18(15)21/h4-11,19H,3,12-14H2,1-2H3,(H,23,25)/t19-/m0/s1. The third-order valence-corrected chi connectivity index (χ3v) is 6.73. The second-order valence-electron chi connectivity index (χ2n) is 6.39. The van der Waals surface area contributed by atoms with E-state index in [1.165, 1.54) is 24.3 Å². The minimum Gasteiger partial charge on any atom is -0.353 e. The molecule has 0 aromatic heterocycles. The quantitative estimate of drug-likeness (QED) is 0.545. The average Bonchev–Trinajstić information content (AvgIpc) is 2.67. The largest absolute Gasteiger partial charge is 0.353 e. The molecule has 1 amide bonds. The second-order valence-corrected chi connectivity index (χ2v) is 9.77. The monoisotopic (exact) mass is 458 g/mol. The fourth-order valence-electron chi connectivity index (χ4n) is 2.81. The van der Waals surface area contributed by atoms with E-state index < -0.39 is 21.9 Å². The highest BCUT2D eigenvalue weighted by Gasteiger charge is 2.31. The van der Waals surface area contributed by atoms with Crippen LogP contribution in [0.15, 0.2) is 48.5 Å². The van der Waals surface area contributed by atoms with E-state index in [-0.39, 0.29) is 18.0 Å². The van der Waals surface area contributed by atoms with E-state index >= 15 is 0 Å². The number of nitrogens with zero attached hydrogens (tertiary/aromatic N) is 1. The van der Waals surface area contributed by atoms with E-state index in [0.717, 1.165) is 21.9 Å². The lowest BCUT2D eigenvalue weighted by atomic mass is 10.2. The molecule has 9 heteroatoms. The molecule has 0 heterocycles. The predicted octanol–water partition coefficient (Wildman–Crippen LogP) is 4.07. The summed E-state index contributed by atoms with van der Waals surface area (Å²) < 4.78 is 38.9. The summed E-state index contributed by atoms with van der Waals surface area (Å²) in [5.74, 6) is 0.511. The van der Waals surface area contributed by atoms with Gasteiger partial charge in [0.2, 0.25) is 15.9 Å². The summed E-state index contributed by atoms with van der Waals surface area (Å²) in [5.41, 5.74) is 1.28. The van der Waals surface area contributed by atoms with Crippen molar-refractivity contribution >= 4 is 45.0 Å². The highest BCUT2D eigenvalue weighted by Crippen LogP contribution is 2.23. The Balaban J connectivity index is 1.97. The lowest BCUT2D eigenvalue weighted by molar-refractivity contribution is -0.122. The number of sulfonamides is 1. The van der Waals surface area contributed by atoms with Gasteiger partial charge in [-0.15, -0.1) is 0 Å². The van der Waals surface area contributed by atoms with Gasteiger partial charge in [0.1, 0.15) is 11.9 Å². The molecule has 1 N–H and O–H groups in total. The van der Waals surface area contributed by atoms with Gasteiger partial charge in [-0.05, 0) is 42.3 Å². The number of rotatable bonds is 10. The van der Waals surface area contributed by atoms with Crippen LogP contribution < -0.4 is 9.62 Å². The van der Waals surface area contributed by atoms with Crippen LogP contribution in [0.4, 0.5) is 10.1 Å². The van der Waals surface area contributed by atoms with Gasteiger partial charge in [0.25, 0.3) is 0 Å². The van der Waals surface area contributed by atoms with Crippen molar-refractivity contribution in [1.29, 1.82) is 0 Å². The van der Waals surface area contributed by atoms with Crippen molar-refractivity contribution in [3.05, 3.63) is 64.9 Å². The predicted molar refractivity (Wildman–Crippen MR) is 118 cm³/mol. The third kappa shape index (κ3) is 6.90. The van der Waals surface area contributed by atoms with Gasteiger partial charge in [-0.3, -0.25) is 9.10 Å². The molecule has 29 heavy (non-hydrogen) atoms. The van der Waals surface area contributed by atoms with Gasteiger partial charge in [-0.1, -0.05) is 36.7 Å². The number of hydrogen-bond acceptors (Lipinski definition) is 4.